The van der Waals surface area contributed by atoms with Crippen molar-refractivity contribution in [3.63, 3.8) is 0 Å². The van der Waals surface area contributed by atoms with Gasteiger partial charge < -0.3 is 0 Å². The summed E-state index contributed by atoms with van der Waals surface area (Å²) in [7, 11) is -1.30. The van der Waals surface area contributed by atoms with Crippen LogP contribution in [0.4, 0.5) is 0 Å². The predicted molar refractivity (Wildman–Crippen MR) is 145 cm³/mol. The molecule has 2 bridgehead atoms. The molecule has 3 aromatic rings. The molecule has 5 nitrogen and oxygen atoms in total. The van der Waals surface area contributed by atoms with E-state index in [1.165, 1.54) is 11.1 Å². The topological polar surface area (TPSA) is 64.0 Å². The van der Waals surface area contributed by atoms with Crippen molar-refractivity contribution in [2.75, 3.05) is 0 Å². The van der Waals surface area contributed by atoms with E-state index in [1.807, 2.05) is 36.0 Å². The first-order valence-corrected chi connectivity index (χ1v) is 15.2. The highest BCUT2D eigenvalue weighted by Gasteiger charge is 2.56. The van der Waals surface area contributed by atoms with E-state index in [-0.39, 0.29) is 10.8 Å². The lowest BCUT2D eigenvalue weighted by atomic mass is 9.76. The van der Waals surface area contributed by atoms with E-state index in [9.17, 15) is 8.42 Å². The minimum Gasteiger partial charge on any atom is -0.267 e. The second-order valence-electron chi connectivity index (χ2n) is 11.0. The maximum atomic E-state index is 13.2. The summed E-state index contributed by atoms with van der Waals surface area (Å²) in [6.07, 6.45) is 7.51. The van der Waals surface area contributed by atoms with Crippen LogP contribution >= 0.6 is 11.6 Å². The molecule has 4 atom stereocenters. The number of nitrogens with one attached hydrogen (secondary N) is 1. The van der Waals surface area contributed by atoms with Crippen molar-refractivity contribution < 1.29 is 8.42 Å². The minimum absolute atomic E-state index is 0.233. The Morgan fingerprint density at radius 1 is 1.00 bits per heavy atom. The van der Waals surface area contributed by atoms with Crippen molar-refractivity contribution in [2.24, 2.45) is 18.9 Å². The molecular formula is C29H34ClN3O2S. The summed E-state index contributed by atoms with van der Waals surface area (Å²) in [6.45, 7) is 2.07. The number of rotatable bonds is 4. The lowest BCUT2D eigenvalue weighted by Gasteiger charge is -2.45. The zero-order valence-corrected chi connectivity index (χ0v) is 22.6. The number of sulfonamides is 1. The van der Waals surface area contributed by atoms with Gasteiger partial charge >= 0.3 is 0 Å². The molecule has 1 saturated carbocycles. The summed E-state index contributed by atoms with van der Waals surface area (Å²) in [5, 5.41) is 5.31. The Labute approximate surface area is 219 Å². The second kappa shape index (κ2) is 9.00. The van der Waals surface area contributed by atoms with Crippen molar-refractivity contribution in [3.05, 3.63) is 64.7 Å². The van der Waals surface area contributed by atoms with E-state index in [2.05, 4.69) is 35.9 Å². The van der Waals surface area contributed by atoms with Crippen LogP contribution in [-0.2, 0) is 29.9 Å². The Bertz CT molecular complexity index is 1400. The fourth-order valence-electron chi connectivity index (χ4n) is 7.17. The van der Waals surface area contributed by atoms with Gasteiger partial charge in [0.1, 0.15) is 0 Å². The van der Waals surface area contributed by atoms with E-state index in [4.69, 9.17) is 16.7 Å². The van der Waals surface area contributed by atoms with Gasteiger partial charge in [-0.15, -0.1) is 0 Å². The van der Waals surface area contributed by atoms with Gasteiger partial charge in [0.25, 0.3) is 0 Å². The van der Waals surface area contributed by atoms with Crippen LogP contribution < -0.4 is 4.72 Å². The van der Waals surface area contributed by atoms with Gasteiger partial charge in [-0.2, -0.15) is 5.10 Å². The molecule has 36 heavy (non-hydrogen) atoms. The Hall–Kier alpha value is -2.15. The first-order valence-electron chi connectivity index (χ1n) is 13.2. The fraction of sp³-hybridized carbons (Fsp3) is 0.483. The highest BCUT2D eigenvalue weighted by Crippen LogP contribution is 2.52. The van der Waals surface area contributed by atoms with Crippen LogP contribution in [0.3, 0.4) is 0 Å². The van der Waals surface area contributed by atoms with E-state index in [0.29, 0.717) is 11.8 Å². The molecule has 2 fully saturated rings. The van der Waals surface area contributed by atoms with Gasteiger partial charge in [-0.25, -0.2) is 13.1 Å². The molecule has 2 aliphatic carbocycles. The average molecular weight is 524 g/mol. The second-order valence-corrected chi connectivity index (χ2v) is 13.4. The van der Waals surface area contributed by atoms with Gasteiger partial charge in [0.2, 0.25) is 10.0 Å². The molecule has 190 valence electrons. The predicted octanol–water partition coefficient (Wildman–Crippen LogP) is 6.15. The monoisotopic (exact) mass is 523 g/mol. The van der Waals surface area contributed by atoms with E-state index in [0.717, 1.165) is 78.9 Å². The van der Waals surface area contributed by atoms with Crippen LogP contribution in [0, 0.1) is 11.8 Å². The van der Waals surface area contributed by atoms with Gasteiger partial charge in [-0.1, -0.05) is 49.2 Å². The molecule has 2 aromatic carbocycles. The number of halogens is 1. The van der Waals surface area contributed by atoms with Crippen LogP contribution in [0.1, 0.15) is 56.6 Å². The lowest BCUT2D eigenvalue weighted by Crippen LogP contribution is -2.61. The number of aryl methyl sites for hydroxylation is 1. The van der Waals surface area contributed by atoms with Crippen LogP contribution in [-0.4, -0.2) is 29.0 Å². The smallest absolute Gasteiger partial charge is 0.215 e. The summed E-state index contributed by atoms with van der Waals surface area (Å²) >= 11 is 6.08. The van der Waals surface area contributed by atoms with Crippen LogP contribution in [0.15, 0.2) is 48.5 Å². The molecule has 6 rings (SSSR count). The zero-order valence-electron chi connectivity index (χ0n) is 21.0. The summed E-state index contributed by atoms with van der Waals surface area (Å²) in [5.41, 5.74) is 6.64. The molecule has 2 unspecified atom stereocenters. The average Bonchev–Trinajstić information content (AvgIpc) is 3.33. The molecule has 0 radical (unpaired) electrons. The van der Waals surface area contributed by atoms with E-state index in [1.54, 1.807) is 0 Å². The Balaban J connectivity index is 1.30. The molecule has 1 spiro atoms. The molecule has 1 aromatic heterocycles. The van der Waals surface area contributed by atoms with Gasteiger partial charge in [0.15, 0.2) is 0 Å². The number of nitrogens with zero attached hydrogens (tertiary/aromatic N) is 2. The Morgan fingerprint density at radius 3 is 2.39 bits per heavy atom. The van der Waals surface area contributed by atoms with Gasteiger partial charge in [0, 0.05) is 23.2 Å². The Morgan fingerprint density at radius 2 is 1.69 bits per heavy atom. The standard InChI is InChI=1S/C29H34ClN3O2S/c1-3-4-26-13-14-29(32-36(26,34)35)23-9-10-24(29)17-22-15-21(6-5-20(22)16-23)27-18-28(33(2)31-27)19-7-11-25(30)12-8-19/h5-8,11-12,15,18,23-24,26,32H,3-4,9-10,13-14,16-17H2,1-2H3/t23-,24?,26?,29+/m0/s1. The summed E-state index contributed by atoms with van der Waals surface area (Å²) < 4.78 is 31.7. The highest BCUT2D eigenvalue weighted by atomic mass is 35.5. The molecule has 3 aliphatic rings. The van der Waals surface area contributed by atoms with Crippen molar-refractivity contribution in [1.82, 2.24) is 14.5 Å². The lowest BCUT2D eigenvalue weighted by molar-refractivity contribution is 0.188. The van der Waals surface area contributed by atoms with Gasteiger partial charge in [-0.3, -0.25) is 4.68 Å². The third-order valence-electron chi connectivity index (χ3n) is 9.04. The maximum absolute atomic E-state index is 13.2. The van der Waals surface area contributed by atoms with Crippen molar-refractivity contribution in [1.29, 1.82) is 0 Å². The number of aromatic nitrogens is 2. The Kier molecular flexibility index (Phi) is 6.05. The number of benzene rings is 2. The summed E-state index contributed by atoms with van der Waals surface area (Å²) in [5.74, 6) is 0.725. The first kappa shape index (κ1) is 24.2. The van der Waals surface area contributed by atoms with E-state index < -0.39 is 10.0 Å². The zero-order chi connectivity index (χ0) is 25.1. The third-order valence-corrected chi connectivity index (χ3v) is 11.3. The van der Waals surface area contributed by atoms with Crippen molar-refractivity contribution in [2.45, 2.75) is 69.1 Å². The maximum Gasteiger partial charge on any atom is 0.215 e. The number of fused-ring (bicyclic) bond motifs is 1. The van der Waals surface area contributed by atoms with Crippen molar-refractivity contribution >= 4 is 21.6 Å². The third kappa shape index (κ3) is 4.02. The number of hydrogen-bond donors (Lipinski definition) is 1. The molecule has 2 heterocycles. The van der Waals surface area contributed by atoms with Crippen LogP contribution in [0.2, 0.25) is 5.02 Å². The molecular weight excluding hydrogens is 490 g/mol. The van der Waals surface area contributed by atoms with Gasteiger partial charge in [-0.05, 0) is 97.7 Å². The first-order chi connectivity index (χ1) is 17.3. The molecule has 1 saturated heterocycles. The molecule has 1 aliphatic heterocycles. The summed E-state index contributed by atoms with van der Waals surface area (Å²) in [4.78, 5) is 0. The highest BCUT2D eigenvalue weighted by molar-refractivity contribution is 7.90. The SMILES string of the molecule is CCCC1CC[C@]2(NS1(=O)=O)C1CC[C@H]2Cc2ccc(-c3cc(-c4ccc(Cl)cc4)n(C)n3)cc2C1. The normalized spacial score (nSPS) is 28.7. The van der Waals surface area contributed by atoms with Crippen LogP contribution in [0.5, 0.6) is 0 Å². The van der Waals surface area contributed by atoms with Gasteiger partial charge in [0.05, 0.1) is 16.6 Å². The summed E-state index contributed by atoms with van der Waals surface area (Å²) in [6, 6.07) is 16.7. The number of hydrogen-bond acceptors (Lipinski definition) is 3. The molecule has 1 N–H and O–H groups in total. The van der Waals surface area contributed by atoms with Crippen LogP contribution in [0.25, 0.3) is 22.5 Å². The molecule has 0 amide bonds. The van der Waals surface area contributed by atoms with Crippen molar-refractivity contribution in [3.8, 4) is 22.5 Å². The largest absolute Gasteiger partial charge is 0.267 e. The minimum atomic E-state index is -3.28. The fourth-order valence-corrected chi connectivity index (χ4v) is 9.41. The van der Waals surface area contributed by atoms with E-state index >= 15 is 0 Å². The quantitative estimate of drug-likeness (QED) is 0.446. The molecule has 7 heteroatoms.